The number of benzene rings is 2. The predicted molar refractivity (Wildman–Crippen MR) is 133 cm³/mol. The summed E-state index contributed by atoms with van der Waals surface area (Å²) in [5, 5.41) is 15.4. The average Bonchev–Trinajstić information content (AvgIpc) is 3.08. The molecule has 6 heteroatoms. The predicted octanol–water partition coefficient (Wildman–Crippen LogP) is 5.19. The van der Waals surface area contributed by atoms with Gasteiger partial charge in [-0.1, -0.05) is 49.4 Å². The largest absolute Gasteiger partial charge is 0.439 e. The summed E-state index contributed by atoms with van der Waals surface area (Å²) in [4.78, 5) is 2.25. The van der Waals surface area contributed by atoms with E-state index in [0.717, 1.165) is 41.1 Å². The Morgan fingerprint density at radius 3 is 2.52 bits per heavy atom. The third-order valence-corrected chi connectivity index (χ3v) is 5.35. The number of aliphatic hydroxyl groups is 1. The molecule has 3 aromatic rings. The van der Waals surface area contributed by atoms with Crippen LogP contribution >= 0.6 is 0 Å². The van der Waals surface area contributed by atoms with E-state index < -0.39 is 6.10 Å². The molecule has 6 nitrogen and oxygen atoms in total. The number of nitrogens with zero attached hydrogens (tertiary/aromatic N) is 3. The van der Waals surface area contributed by atoms with Crippen LogP contribution in [0.25, 0.3) is 11.3 Å². The molecule has 0 radical (unpaired) electrons. The van der Waals surface area contributed by atoms with Crippen LogP contribution in [0.5, 0.6) is 11.6 Å². The molecule has 1 aromatic heterocycles. The summed E-state index contributed by atoms with van der Waals surface area (Å²) in [6.45, 7) is 10.5. The van der Waals surface area contributed by atoms with E-state index in [4.69, 9.17) is 14.6 Å². The number of aryl methyl sites for hydroxylation is 2. The Labute approximate surface area is 197 Å². The molecule has 0 amide bonds. The van der Waals surface area contributed by atoms with Crippen LogP contribution in [0.4, 0.5) is 0 Å². The molecule has 0 spiro atoms. The first kappa shape index (κ1) is 25.0. The second kappa shape index (κ2) is 12.0. The van der Waals surface area contributed by atoms with E-state index in [1.807, 2.05) is 62.0 Å². The summed E-state index contributed by atoms with van der Waals surface area (Å²) in [7, 11) is 1.91. The number of ether oxygens (including phenoxy) is 2. The fourth-order valence-electron chi connectivity index (χ4n) is 3.87. The number of aliphatic hydroxyl groups excluding tert-OH is 1. The molecule has 0 bridgehead atoms. The van der Waals surface area contributed by atoms with Gasteiger partial charge < -0.3 is 14.6 Å². The first-order chi connectivity index (χ1) is 15.9. The van der Waals surface area contributed by atoms with E-state index in [1.165, 1.54) is 0 Å². The minimum absolute atomic E-state index is 0.0941. The van der Waals surface area contributed by atoms with Crippen molar-refractivity contribution in [1.29, 1.82) is 0 Å². The van der Waals surface area contributed by atoms with Crippen LogP contribution in [-0.2, 0) is 18.3 Å². The van der Waals surface area contributed by atoms with E-state index >= 15 is 0 Å². The minimum Gasteiger partial charge on any atom is -0.439 e. The summed E-state index contributed by atoms with van der Waals surface area (Å²) in [6.07, 6.45) is 0.515. The zero-order valence-electron chi connectivity index (χ0n) is 20.5. The lowest BCUT2D eigenvalue weighted by Crippen LogP contribution is -2.35. The van der Waals surface area contributed by atoms with Gasteiger partial charge in [0.2, 0.25) is 5.88 Å². The van der Waals surface area contributed by atoms with Crippen LogP contribution in [0.15, 0.2) is 54.6 Å². The van der Waals surface area contributed by atoms with Gasteiger partial charge in [-0.3, -0.25) is 4.90 Å². The van der Waals surface area contributed by atoms with E-state index in [-0.39, 0.29) is 6.10 Å². The number of hydrogen-bond donors (Lipinski definition) is 1. The van der Waals surface area contributed by atoms with Gasteiger partial charge in [-0.15, -0.1) is 0 Å². The average molecular weight is 452 g/mol. The molecule has 33 heavy (non-hydrogen) atoms. The fraction of sp³-hybridized carbons (Fsp3) is 0.444. The maximum Gasteiger partial charge on any atom is 0.222 e. The van der Waals surface area contributed by atoms with Crippen LogP contribution in [0, 0.1) is 6.92 Å². The van der Waals surface area contributed by atoms with Crippen molar-refractivity contribution in [3.63, 3.8) is 0 Å². The van der Waals surface area contributed by atoms with Crippen LogP contribution in [0.1, 0.15) is 38.3 Å². The maximum absolute atomic E-state index is 10.6. The van der Waals surface area contributed by atoms with E-state index in [9.17, 15) is 5.11 Å². The highest BCUT2D eigenvalue weighted by Crippen LogP contribution is 2.34. The number of aromatic nitrogens is 2. The Hall–Kier alpha value is -2.67. The first-order valence-corrected chi connectivity index (χ1v) is 11.7. The molecular weight excluding hydrogens is 414 g/mol. The molecule has 0 saturated heterocycles. The van der Waals surface area contributed by atoms with Crippen LogP contribution in [-0.4, -0.2) is 51.7 Å². The van der Waals surface area contributed by atoms with E-state index in [1.54, 1.807) is 0 Å². The highest BCUT2D eigenvalue weighted by Gasteiger charge is 2.23. The Kier molecular flexibility index (Phi) is 9.06. The van der Waals surface area contributed by atoms with Crippen LogP contribution < -0.4 is 4.74 Å². The molecule has 0 fully saturated rings. The van der Waals surface area contributed by atoms with Crippen LogP contribution in [0.2, 0.25) is 0 Å². The maximum atomic E-state index is 10.6. The van der Waals surface area contributed by atoms with Crippen molar-refractivity contribution in [2.45, 2.75) is 52.9 Å². The lowest BCUT2D eigenvalue weighted by molar-refractivity contribution is -0.00953. The first-order valence-electron chi connectivity index (χ1n) is 11.7. The summed E-state index contributed by atoms with van der Waals surface area (Å²) < 4.78 is 13.8. The highest BCUT2D eigenvalue weighted by atomic mass is 16.5. The molecule has 0 aliphatic rings. The fourth-order valence-corrected chi connectivity index (χ4v) is 3.87. The Bertz CT molecular complexity index is 1000. The molecule has 1 N–H and O–H groups in total. The van der Waals surface area contributed by atoms with Crippen LogP contribution in [0.3, 0.4) is 0 Å². The Morgan fingerprint density at radius 2 is 1.85 bits per heavy atom. The van der Waals surface area contributed by atoms with Crippen molar-refractivity contribution in [2.75, 3.05) is 19.7 Å². The standard InChI is InChI=1S/C27H37N3O3/c1-6-15-30(17-23(31)19-32-20(2)3)18-25-26(22-12-8-7-9-13-22)28-29(5)27(25)33-24-14-10-11-21(4)16-24/h7-14,16,20,23,31H,6,15,17-19H2,1-5H3/t23-/m1/s1. The monoisotopic (exact) mass is 451 g/mol. The second-order valence-corrected chi connectivity index (χ2v) is 8.81. The topological polar surface area (TPSA) is 59.8 Å². The van der Waals surface area contributed by atoms with E-state index in [2.05, 4.69) is 36.9 Å². The smallest absolute Gasteiger partial charge is 0.222 e. The summed E-state index contributed by atoms with van der Waals surface area (Å²) in [5.41, 5.74) is 4.09. The molecule has 1 atom stereocenters. The Balaban J connectivity index is 1.93. The Morgan fingerprint density at radius 1 is 1.09 bits per heavy atom. The van der Waals surface area contributed by atoms with Crippen molar-refractivity contribution in [1.82, 2.24) is 14.7 Å². The summed E-state index contributed by atoms with van der Waals surface area (Å²) in [6, 6.07) is 18.2. The lowest BCUT2D eigenvalue weighted by atomic mass is 10.1. The lowest BCUT2D eigenvalue weighted by Gasteiger charge is -2.25. The van der Waals surface area contributed by atoms with Gasteiger partial charge in [0.1, 0.15) is 11.4 Å². The van der Waals surface area contributed by atoms with Gasteiger partial charge in [0.15, 0.2) is 0 Å². The number of hydrogen-bond acceptors (Lipinski definition) is 5. The van der Waals surface area contributed by atoms with Gasteiger partial charge in [0, 0.05) is 25.7 Å². The van der Waals surface area contributed by atoms with Crippen molar-refractivity contribution < 1.29 is 14.6 Å². The van der Waals surface area contributed by atoms with Gasteiger partial charge in [-0.2, -0.15) is 5.10 Å². The van der Waals surface area contributed by atoms with Crippen molar-refractivity contribution in [3.8, 4) is 22.9 Å². The molecule has 1 heterocycles. The van der Waals surface area contributed by atoms with Gasteiger partial charge >= 0.3 is 0 Å². The number of rotatable bonds is 12. The molecule has 2 aromatic carbocycles. The third-order valence-electron chi connectivity index (χ3n) is 5.35. The molecule has 3 rings (SSSR count). The van der Waals surface area contributed by atoms with Crippen molar-refractivity contribution in [3.05, 3.63) is 65.7 Å². The molecule has 178 valence electrons. The zero-order chi connectivity index (χ0) is 23.8. The quantitative estimate of drug-likeness (QED) is 0.411. The second-order valence-electron chi connectivity index (χ2n) is 8.81. The molecule has 0 aliphatic carbocycles. The third kappa shape index (κ3) is 7.16. The molecular formula is C27H37N3O3. The zero-order valence-corrected chi connectivity index (χ0v) is 20.5. The molecule has 0 saturated carbocycles. The molecule has 0 unspecified atom stereocenters. The van der Waals surface area contributed by atoms with Crippen molar-refractivity contribution >= 4 is 0 Å². The van der Waals surface area contributed by atoms with Crippen molar-refractivity contribution in [2.24, 2.45) is 7.05 Å². The van der Waals surface area contributed by atoms with Gasteiger partial charge in [0.05, 0.1) is 24.4 Å². The van der Waals surface area contributed by atoms with Gasteiger partial charge in [0.25, 0.3) is 0 Å². The summed E-state index contributed by atoms with van der Waals surface area (Å²) in [5.74, 6) is 1.50. The summed E-state index contributed by atoms with van der Waals surface area (Å²) >= 11 is 0. The van der Waals surface area contributed by atoms with Gasteiger partial charge in [-0.05, 0) is 51.4 Å². The molecule has 0 aliphatic heterocycles. The SMILES string of the molecule is CCCN(Cc1c(-c2ccccc2)nn(C)c1Oc1cccc(C)c1)C[C@@H](O)COC(C)C. The highest BCUT2D eigenvalue weighted by molar-refractivity contribution is 5.65. The normalized spacial score (nSPS) is 12.5. The van der Waals surface area contributed by atoms with Gasteiger partial charge in [-0.25, -0.2) is 4.68 Å². The minimum atomic E-state index is -0.558. The van der Waals surface area contributed by atoms with E-state index in [0.29, 0.717) is 25.6 Å².